The minimum absolute atomic E-state index is 0.0210. The van der Waals surface area contributed by atoms with Crippen molar-refractivity contribution in [1.29, 1.82) is 0 Å². The van der Waals surface area contributed by atoms with Crippen LogP contribution in [-0.4, -0.2) is 23.3 Å². The lowest BCUT2D eigenvalue weighted by atomic mass is 9.76. The van der Waals surface area contributed by atoms with E-state index in [9.17, 15) is 5.11 Å². The Morgan fingerprint density at radius 1 is 1.17 bits per heavy atom. The fraction of sp³-hybridized carbons (Fsp3) is 1.00. The van der Waals surface area contributed by atoms with Crippen molar-refractivity contribution in [3.8, 4) is 0 Å². The third-order valence-corrected chi connectivity index (χ3v) is 4.06. The molecule has 70 valence electrons. The number of hydrogen-bond donors (Lipinski definition) is 2. The van der Waals surface area contributed by atoms with Crippen LogP contribution in [0.1, 0.15) is 32.1 Å². The Kier molecular flexibility index (Phi) is 2.10. The zero-order chi connectivity index (χ0) is 8.66. The molecule has 1 saturated heterocycles. The Bertz CT molecular complexity index is 175. The Labute approximate surface area is 78.3 Å². The van der Waals surface area contributed by atoms with Crippen LogP contribution in [-0.2, 0) is 0 Å². The van der Waals surface area contributed by atoms with E-state index in [2.05, 4.69) is 5.32 Å². The second kappa shape index (κ2) is 2.86. The summed E-state index contributed by atoms with van der Waals surface area (Å²) in [7, 11) is 0. The molecule has 1 saturated carbocycles. The largest absolute Gasteiger partial charge is 0.374 e. The first-order chi connectivity index (χ1) is 5.66. The van der Waals surface area contributed by atoms with Crippen LogP contribution in [0.15, 0.2) is 0 Å². The average molecular weight is 190 g/mol. The van der Waals surface area contributed by atoms with E-state index in [1.165, 1.54) is 12.8 Å². The number of piperidine rings is 1. The van der Waals surface area contributed by atoms with E-state index in [0.717, 1.165) is 25.9 Å². The van der Waals surface area contributed by atoms with E-state index in [0.29, 0.717) is 6.42 Å². The second-order valence-corrected chi connectivity index (χ2v) is 4.80. The molecule has 0 radical (unpaired) electrons. The summed E-state index contributed by atoms with van der Waals surface area (Å²) in [5.74, 6) is 0. The van der Waals surface area contributed by atoms with Crippen LogP contribution in [0.4, 0.5) is 0 Å². The van der Waals surface area contributed by atoms with Crippen LogP contribution >= 0.6 is 11.6 Å². The highest BCUT2D eigenvalue weighted by molar-refractivity contribution is 6.23. The van der Waals surface area contributed by atoms with Crippen LogP contribution in [0, 0.1) is 5.41 Å². The lowest BCUT2D eigenvalue weighted by Gasteiger charge is -2.44. The zero-order valence-corrected chi connectivity index (χ0v) is 8.03. The molecule has 0 bridgehead atoms. The van der Waals surface area contributed by atoms with E-state index in [1.54, 1.807) is 0 Å². The van der Waals surface area contributed by atoms with Crippen LogP contribution in [0.5, 0.6) is 0 Å². The lowest BCUT2D eigenvalue weighted by molar-refractivity contribution is -0.0345. The highest BCUT2D eigenvalue weighted by Gasteiger charge is 2.51. The molecule has 1 spiro atoms. The van der Waals surface area contributed by atoms with Crippen molar-refractivity contribution in [3.63, 3.8) is 0 Å². The van der Waals surface area contributed by atoms with Gasteiger partial charge in [-0.05, 0) is 19.4 Å². The third kappa shape index (κ3) is 1.17. The quantitative estimate of drug-likeness (QED) is 0.566. The SMILES string of the molecule is OC1(Cl)CCNCC12CCCC2. The van der Waals surface area contributed by atoms with Gasteiger partial charge in [0.2, 0.25) is 0 Å². The van der Waals surface area contributed by atoms with Crippen LogP contribution in [0.25, 0.3) is 0 Å². The van der Waals surface area contributed by atoms with Crippen molar-refractivity contribution in [2.45, 2.75) is 37.2 Å². The van der Waals surface area contributed by atoms with E-state index in [1.807, 2.05) is 0 Å². The summed E-state index contributed by atoms with van der Waals surface area (Å²) in [6.45, 7) is 1.74. The molecule has 1 unspecified atom stereocenters. The molecule has 2 fully saturated rings. The van der Waals surface area contributed by atoms with Gasteiger partial charge in [0, 0.05) is 18.4 Å². The Hall–Kier alpha value is 0.210. The molecule has 2 rings (SSSR count). The van der Waals surface area contributed by atoms with Gasteiger partial charge in [-0.2, -0.15) is 0 Å². The minimum atomic E-state index is -0.936. The molecular weight excluding hydrogens is 174 g/mol. The highest BCUT2D eigenvalue weighted by Crippen LogP contribution is 2.50. The number of nitrogens with one attached hydrogen (secondary N) is 1. The number of hydrogen-bond acceptors (Lipinski definition) is 2. The number of alkyl halides is 1. The predicted molar refractivity (Wildman–Crippen MR) is 49.2 cm³/mol. The van der Waals surface area contributed by atoms with Gasteiger partial charge in [-0.3, -0.25) is 0 Å². The molecule has 0 aromatic rings. The Morgan fingerprint density at radius 3 is 2.42 bits per heavy atom. The standard InChI is InChI=1S/C9H16ClNO/c10-9(12)5-6-11-7-8(9)3-1-2-4-8/h11-12H,1-7H2. The van der Waals surface area contributed by atoms with E-state index < -0.39 is 5.06 Å². The van der Waals surface area contributed by atoms with Crippen molar-refractivity contribution in [3.05, 3.63) is 0 Å². The first-order valence-electron chi connectivity index (χ1n) is 4.78. The van der Waals surface area contributed by atoms with Gasteiger partial charge in [-0.25, -0.2) is 0 Å². The molecule has 12 heavy (non-hydrogen) atoms. The van der Waals surface area contributed by atoms with Gasteiger partial charge in [0.15, 0.2) is 0 Å². The molecule has 1 aliphatic heterocycles. The molecule has 1 atom stereocenters. The first-order valence-corrected chi connectivity index (χ1v) is 5.16. The van der Waals surface area contributed by atoms with Gasteiger partial charge >= 0.3 is 0 Å². The van der Waals surface area contributed by atoms with Gasteiger partial charge < -0.3 is 10.4 Å². The molecule has 1 heterocycles. The Balaban J connectivity index is 2.19. The summed E-state index contributed by atoms with van der Waals surface area (Å²) >= 11 is 6.15. The van der Waals surface area contributed by atoms with Gasteiger partial charge in [0.05, 0.1) is 0 Å². The van der Waals surface area contributed by atoms with Crippen molar-refractivity contribution in [2.75, 3.05) is 13.1 Å². The second-order valence-electron chi connectivity index (χ2n) is 4.17. The number of aliphatic hydroxyl groups is 1. The van der Waals surface area contributed by atoms with Crippen LogP contribution < -0.4 is 5.32 Å². The molecule has 2 N–H and O–H groups in total. The molecule has 3 heteroatoms. The van der Waals surface area contributed by atoms with Crippen LogP contribution in [0.2, 0.25) is 0 Å². The highest BCUT2D eigenvalue weighted by atomic mass is 35.5. The maximum atomic E-state index is 10.1. The van der Waals surface area contributed by atoms with E-state index in [4.69, 9.17) is 11.6 Å². The molecule has 0 amide bonds. The normalized spacial score (nSPS) is 40.5. The topological polar surface area (TPSA) is 32.3 Å². The van der Waals surface area contributed by atoms with Crippen molar-refractivity contribution in [1.82, 2.24) is 5.32 Å². The molecule has 2 nitrogen and oxygen atoms in total. The smallest absolute Gasteiger partial charge is 0.146 e. The zero-order valence-electron chi connectivity index (χ0n) is 7.27. The van der Waals surface area contributed by atoms with Crippen LogP contribution in [0.3, 0.4) is 0 Å². The van der Waals surface area contributed by atoms with Gasteiger partial charge in [0.1, 0.15) is 5.06 Å². The number of rotatable bonds is 0. The average Bonchev–Trinajstić information content (AvgIpc) is 2.46. The summed E-state index contributed by atoms with van der Waals surface area (Å²) in [6, 6.07) is 0. The summed E-state index contributed by atoms with van der Waals surface area (Å²) in [4.78, 5) is 0. The van der Waals surface area contributed by atoms with E-state index in [-0.39, 0.29) is 5.41 Å². The summed E-state index contributed by atoms with van der Waals surface area (Å²) in [6.07, 6.45) is 5.29. The molecule has 0 aromatic heterocycles. The third-order valence-electron chi connectivity index (χ3n) is 3.47. The molecular formula is C9H16ClNO. The number of halogens is 1. The molecule has 1 aliphatic carbocycles. The summed E-state index contributed by atoms with van der Waals surface area (Å²) < 4.78 is 0. The van der Waals surface area contributed by atoms with Gasteiger partial charge in [-0.15, -0.1) is 0 Å². The lowest BCUT2D eigenvalue weighted by Crippen LogP contribution is -2.54. The maximum absolute atomic E-state index is 10.1. The first kappa shape index (κ1) is 8.79. The fourth-order valence-corrected chi connectivity index (χ4v) is 2.94. The monoisotopic (exact) mass is 189 g/mol. The van der Waals surface area contributed by atoms with Gasteiger partial charge in [0.25, 0.3) is 0 Å². The molecule has 2 aliphatic rings. The van der Waals surface area contributed by atoms with E-state index >= 15 is 0 Å². The summed E-state index contributed by atoms with van der Waals surface area (Å²) in [5.41, 5.74) is -0.0210. The van der Waals surface area contributed by atoms with Crippen molar-refractivity contribution < 1.29 is 5.11 Å². The maximum Gasteiger partial charge on any atom is 0.146 e. The fourth-order valence-electron chi connectivity index (χ4n) is 2.59. The molecule has 0 aromatic carbocycles. The summed E-state index contributed by atoms with van der Waals surface area (Å²) in [5, 5.41) is 12.4. The van der Waals surface area contributed by atoms with Gasteiger partial charge in [-0.1, -0.05) is 24.4 Å². The van der Waals surface area contributed by atoms with Crippen molar-refractivity contribution >= 4 is 11.6 Å². The minimum Gasteiger partial charge on any atom is -0.374 e. The Morgan fingerprint density at radius 2 is 1.83 bits per heavy atom. The predicted octanol–water partition coefficient (Wildman–Crippen LogP) is 1.47. The van der Waals surface area contributed by atoms with Crippen molar-refractivity contribution in [2.24, 2.45) is 5.41 Å².